The van der Waals surface area contributed by atoms with Gasteiger partial charge in [-0.05, 0) is 31.6 Å². The number of primary amides is 1. The Hall–Kier alpha value is -4.78. The van der Waals surface area contributed by atoms with Gasteiger partial charge >= 0.3 is 226 Å². The number of hydrogen-bond donors (Lipinski definition) is 7. The molecular weight excluding hydrogens is 936 g/mol. The van der Waals surface area contributed by atoms with E-state index in [2.05, 4.69) is 41.7 Å². The first-order valence-electron chi connectivity index (χ1n) is 22.6. The van der Waals surface area contributed by atoms with Crippen molar-refractivity contribution in [1.82, 2.24) is 4.90 Å². The zero-order valence-corrected chi connectivity index (χ0v) is 40.8. The topological polar surface area (TPSA) is 211 Å². The molecule has 67 heavy (non-hydrogen) atoms. The number of carbonyl (C=O) groups excluding carboxylic acids is 4. The predicted molar refractivity (Wildman–Crippen MR) is 266 cm³/mol. The number of Topliss-reactive ketones (excluding diaryl/α,β-unsaturated/α-hetero) is 2. The Morgan fingerprint density at radius 2 is 1.22 bits per heavy atom. The van der Waals surface area contributed by atoms with E-state index in [-0.39, 0.29) is 23.6 Å². The number of phenols is 1. The number of carbonyl (C=O) groups is 4. The molecule has 0 unspecified atom stereocenters. The van der Waals surface area contributed by atoms with Crippen molar-refractivity contribution in [2.24, 2.45) is 17.6 Å². The summed E-state index contributed by atoms with van der Waals surface area (Å²) in [5, 5.41) is 66.5. The average molecular weight is 993 g/mol. The van der Waals surface area contributed by atoms with Gasteiger partial charge in [-0.3, -0.25) is 19.3 Å². The number of likely N-dealkylation sites (N-methyl/N-ethyl adjacent to an activating group) is 1. The van der Waals surface area contributed by atoms with E-state index >= 15 is 0 Å². The number of benzene rings is 4. The summed E-state index contributed by atoms with van der Waals surface area (Å²) in [5.74, 6) is -10.2. The fourth-order valence-electron chi connectivity index (χ4n) is 10.8. The van der Waals surface area contributed by atoms with Crippen molar-refractivity contribution in [3.63, 3.8) is 0 Å². The number of aliphatic hydroxyl groups is 4. The molecule has 0 saturated carbocycles. The zero-order valence-electron chi connectivity index (χ0n) is 37.6. The molecule has 6 atom stereocenters. The molecule has 0 fully saturated rings. The first kappa shape index (κ1) is 50.1. The third kappa shape index (κ3) is 9.27. The number of aromatic hydroxyl groups is 1. The summed E-state index contributed by atoms with van der Waals surface area (Å²) < 4.78 is 0. The molecule has 0 aromatic heterocycles. The molecule has 4 aromatic rings. The van der Waals surface area contributed by atoms with E-state index in [1.807, 2.05) is 36.4 Å². The molecule has 8 N–H and O–H groups in total. The number of anilines is 1. The van der Waals surface area contributed by atoms with Crippen molar-refractivity contribution in [1.29, 1.82) is 0 Å². The Bertz CT molecular complexity index is 2510. The molecule has 0 heterocycles. The van der Waals surface area contributed by atoms with Crippen LogP contribution in [0.4, 0.5) is 5.69 Å². The number of amides is 2. The smallest absolute Gasteiger partial charge is 0.255 e. The Balaban J connectivity index is 0.945. The van der Waals surface area contributed by atoms with Gasteiger partial charge < -0.3 is 31.3 Å². The van der Waals surface area contributed by atoms with Crippen LogP contribution in [0.2, 0.25) is 15.1 Å². The molecule has 12 nitrogen and oxygen atoms in total. The second kappa shape index (κ2) is 20.4. The van der Waals surface area contributed by atoms with Gasteiger partial charge in [0.25, 0.3) is 5.91 Å². The van der Waals surface area contributed by atoms with Crippen LogP contribution in [-0.4, -0.2) is 91.8 Å². The van der Waals surface area contributed by atoms with Gasteiger partial charge in [-0.1, -0.05) is 13.0 Å². The Morgan fingerprint density at radius 1 is 0.746 bits per heavy atom. The number of unbranched alkanes of at least 4 members (excludes halogenated alkanes) is 7. The molecule has 0 aliphatic heterocycles. The number of phenolic OH excluding ortho intramolecular Hbond substituents is 1. The largest absolute Gasteiger partial charge is 0.510 e. The minimum Gasteiger partial charge on any atom is -0.510 e. The van der Waals surface area contributed by atoms with E-state index in [0.717, 1.165) is 51.1 Å². The zero-order chi connectivity index (χ0) is 48.5. The number of nitrogens with zero attached hydrogens (tertiary/aromatic N) is 1. The fraction of sp³-hybridized carbons (Fsp3) is 0.373. The van der Waals surface area contributed by atoms with Crippen LogP contribution < -0.4 is 27.0 Å². The molecule has 0 bridgehead atoms. The van der Waals surface area contributed by atoms with Gasteiger partial charge in [0.1, 0.15) is 17.1 Å². The summed E-state index contributed by atoms with van der Waals surface area (Å²) in [6.07, 6.45) is 7.04. The number of ketones is 2. The number of aliphatic hydroxyl groups excluding tert-OH is 3. The Labute approximate surface area is 405 Å². The first-order valence-corrected chi connectivity index (χ1v) is 26.0. The molecule has 3 aliphatic carbocycles. The molecule has 0 spiro atoms. The van der Waals surface area contributed by atoms with Crippen LogP contribution in [0.3, 0.4) is 0 Å². The van der Waals surface area contributed by atoms with Gasteiger partial charge in [0.2, 0.25) is 5.78 Å². The molecule has 2 amide bonds. The molecule has 3 aliphatic rings. The van der Waals surface area contributed by atoms with Crippen molar-refractivity contribution < 1.29 is 44.7 Å². The molecule has 0 saturated heterocycles. The molecule has 4 aromatic carbocycles. The quantitative estimate of drug-likeness (QED) is 0.0236. The normalized spacial score (nSPS) is 22.9. The summed E-state index contributed by atoms with van der Waals surface area (Å²) >= 11 is 19.1. The Morgan fingerprint density at radius 3 is 1.70 bits per heavy atom. The second-order valence-corrected chi connectivity index (χ2v) is 23.6. The van der Waals surface area contributed by atoms with Gasteiger partial charge in [-0.2, -0.15) is 0 Å². The number of rotatable bonds is 17. The number of nitrogens with one attached hydrogen (secondary N) is 1. The molecule has 0 radical (unpaired) electrons. The maximum absolute atomic E-state index is 14.2. The summed E-state index contributed by atoms with van der Waals surface area (Å²) in [5.41, 5.74) is 0.897. The molecule has 356 valence electrons. The second-order valence-electron chi connectivity index (χ2n) is 18.3. The van der Waals surface area contributed by atoms with E-state index in [0.29, 0.717) is 27.1 Å². The van der Waals surface area contributed by atoms with E-state index < -0.39 is 88.7 Å². The number of nitrogens with two attached hydrogens (primary N) is 1. The van der Waals surface area contributed by atoms with Crippen molar-refractivity contribution >= 4 is 87.0 Å². The van der Waals surface area contributed by atoms with Crippen LogP contribution in [0.5, 0.6) is 5.75 Å². The summed E-state index contributed by atoms with van der Waals surface area (Å²) in [6, 6.07) is 26.3. The summed E-state index contributed by atoms with van der Waals surface area (Å²) in [6.45, 7) is 1.65. The number of halogens is 3. The van der Waals surface area contributed by atoms with Gasteiger partial charge in [0, 0.05) is 11.5 Å². The Kier molecular flexibility index (Phi) is 15.3. The SMILES string of the molecule is C[C@H]1c2ccc(NC(=O)CCCCCCCCCC[PH](c3ccc(Cl)cc3)(c3ccc(Cl)cc3)c3ccc(Cl)cc3)c(O)c2C(=O)C2=C(O)[C@]3(O)C(=O)C(C(N)=O)=C(O)[C@@H](N(C)C)[C@@H]3[C@@H](O)[C@@H]21. The van der Waals surface area contributed by atoms with Crippen LogP contribution >= 0.6 is 42.1 Å². The standard InChI is InChI=1S/C51H57Cl3N3O9P/c1-28-35-25-26-36(44(59)39(35)45(60)40-38(28)46(61)42-43(57(2)3)47(62)41(50(55)65)49(64)51(42,66)48(40)63)56-37(58)12-10-8-6-4-5-7-9-11-27-67(32-19-13-29(52)14-20-32,33-21-15-30(53)16-22-33)34-23-17-31(54)18-24-34/h13-26,28,38,42-43,46,59,61-63,66-67H,4-12,27H2,1-3H3,(H2,55,65)(H,56,58)/t28-,38+,42+,43-,46-,51-/m0/s1. The van der Waals surface area contributed by atoms with E-state index in [9.17, 15) is 44.7 Å². The van der Waals surface area contributed by atoms with Crippen molar-refractivity contribution in [3.05, 3.63) is 134 Å². The maximum Gasteiger partial charge on any atom is 0.255 e. The monoisotopic (exact) mass is 991 g/mol. The third-order valence-electron chi connectivity index (χ3n) is 14.1. The van der Waals surface area contributed by atoms with Gasteiger partial charge in [0.05, 0.1) is 29.3 Å². The van der Waals surface area contributed by atoms with Gasteiger partial charge in [0.15, 0.2) is 17.1 Å². The van der Waals surface area contributed by atoms with Crippen molar-refractivity contribution in [2.75, 3.05) is 25.6 Å². The van der Waals surface area contributed by atoms with E-state index in [1.165, 1.54) is 41.0 Å². The van der Waals surface area contributed by atoms with E-state index in [4.69, 9.17) is 40.5 Å². The van der Waals surface area contributed by atoms with Crippen LogP contribution in [-0.2, 0) is 14.4 Å². The third-order valence-corrected chi connectivity index (χ3v) is 19.9. The first-order chi connectivity index (χ1) is 31.9. The number of hydrogen-bond acceptors (Lipinski definition) is 10. The van der Waals surface area contributed by atoms with Gasteiger partial charge in [-0.25, -0.2) is 0 Å². The van der Waals surface area contributed by atoms with Crippen LogP contribution in [0.1, 0.15) is 86.6 Å². The van der Waals surface area contributed by atoms with Crippen LogP contribution in [0, 0.1) is 11.8 Å². The minimum absolute atomic E-state index is 0.0451. The van der Waals surface area contributed by atoms with Crippen LogP contribution in [0.15, 0.2) is 108 Å². The van der Waals surface area contributed by atoms with Crippen molar-refractivity contribution in [2.45, 2.75) is 88.4 Å². The van der Waals surface area contributed by atoms with Crippen LogP contribution in [0.25, 0.3) is 0 Å². The van der Waals surface area contributed by atoms with Crippen molar-refractivity contribution in [3.8, 4) is 5.75 Å². The van der Waals surface area contributed by atoms with E-state index in [1.54, 1.807) is 13.0 Å². The minimum atomic E-state index is -3.02. The fourth-order valence-corrected chi connectivity index (χ4v) is 16.0. The molecule has 7 rings (SSSR count). The molecule has 16 heteroatoms. The average Bonchev–Trinajstić information content (AvgIpc) is 3.28. The maximum atomic E-state index is 14.2. The number of fused-ring (bicyclic) bond motifs is 3. The van der Waals surface area contributed by atoms with Gasteiger partial charge in [-0.15, -0.1) is 0 Å². The molecular formula is C51H57Cl3N3O9P. The summed E-state index contributed by atoms with van der Waals surface area (Å²) in [7, 11) is 0.472. The summed E-state index contributed by atoms with van der Waals surface area (Å²) in [4.78, 5) is 54.8. The predicted octanol–water partition coefficient (Wildman–Crippen LogP) is 7.79.